The molecule has 10 nitrogen and oxygen atoms in total. The van der Waals surface area contributed by atoms with Gasteiger partial charge in [-0.2, -0.15) is 10.2 Å². The van der Waals surface area contributed by atoms with Gasteiger partial charge < -0.3 is 14.5 Å². The quantitative estimate of drug-likeness (QED) is 0.598. The Hall–Kier alpha value is -3.69. The van der Waals surface area contributed by atoms with Gasteiger partial charge in [0.25, 0.3) is 5.56 Å². The summed E-state index contributed by atoms with van der Waals surface area (Å²) in [5.74, 6) is -0.218. The summed E-state index contributed by atoms with van der Waals surface area (Å²) in [5.41, 5.74) is 3.58. The maximum absolute atomic E-state index is 13.3. The van der Waals surface area contributed by atoms with E-state index >= 15 is 0 Å². The summed E-state index contributed by atoms with van der Waals surface area (Å²) in [5, 5.41) is 9.47. The first-order valence-corrected chi connectivity index (χ1v) is 11.0. The molecule has 2 aromatic heterocycles. The van der Waals surface area contributed by atoms with Gasteiger partial charge in [-0.15, -0.1) is 0 Å². The fourth-order valence-electron chi connectivity index (χ4n) is 4.14. The number of carbonyl (C=O) groups is 2. The van der Waals surface area contributed by atoms with Gasteiger partial charge in [0.2, 0.25) is 5.91 Å². The van der Waals surface area contributed by atoms with E-state index in [1.165, 1.54) is 4.68 Å². The average molecular weight is 453 g/mol. The highest BCUT2D eigenvalue weighted by Crippen LogP contribution is 2.20. The third-order valence-electron chi connectivity index (χ3n) is 5.89. The Morgan fingerprint density at radius 3 is 2.42 bits per heavy atom. The van der Waals surface area contributed by atoms with Crippen molar-refractivity contribution in [2.45, 2.75) is 34.2 Å². The second kappa shape index (κ2) is 9.05. The van der Waals surface area contributed by atoms with Crippen molar-refractivity contribution in [1.82, 2.24) is 29.4 Å². The van der Waals surface area contributed by atoms with E-state index < -0.39 is 0 Å². The topological polar surface area (TPSA) is 103 Å². The summed E-state index contributed by atoms with van der Waals surface area (Å²) < 4.78 is 7.85. The van der Waals surface area contributed by atoms with Crippen LogP contribution in [0.25, 0.3) is 16.6 Å². The normalized spacial score (nSPS) is 14.1. The van der Waals surface area contributed by atoms with Gasteiger partial charge in [-0.1, -0.05) is 17.7 Å². The third kappa shape index (κ3) is 4.33. The molecule has 174 valence electrons. The highest BCUT2D eigenvalue weighted by atomic mass is 16.6. The number of rotatable bonds is 4. The summed E-state index contributed by atoms with van der Waals surface area (Å²) in [4.78, 5) is 41.4. The second-order valence-electron chi connectivity index (χ2n) is 8.22. The van der Waals surface area contributed by atoms with E-state index in [4.69, 9.17) is 4.74 Å². The minimum Gasteiger partial charge on any atom is -0.450 e. The number of aromatic nitrogens is 4. The molecule has 4 rings (SSSR count). The minimum absolute atomic E-state index is 0.174. The van der Waals surface area contributed by atoms with Crippen LogP contribution in [0.4, 0.5) is 4.79 Å². The van der Waals surface area contributed by atoms with Crippen LogP contribution in [-0.2, 0) is 16.1 Å². The largest absolute Gasteiger partial charge is 0.450 e. The summed E-state index contributed by atoms with van der Waals surface area (Å²) >= 11 is 0. The van der Waals surface area contributed by atoms with Crippen molar-refractivity contribution in [2.75, 3.05) is 32.8 Å². The van der Waals surface area contributed by atoms with Crippen LogP contribution in [0, 0.1) is 20.8 Å². The zero-order chi connectivity index (χ0) is 23.7. The van der Waals surface area contributed by atoms with Crippen molar-refractivity contribution in [2.24, 2.45) is 0 Å². The number of benzene rings is 1. The molecule has 1 aliphatic heterocycles. The fraction of sp³-hybridized carbons (Fsp3) is 0.435. The molecule has 2 amide bonds. The van der Waals surface area contributed by atoms with Gasteiger partial charge in [-0.05, 0) is 39.3 Å². The standard InChI is InChI=1S/C23H28N6O4/c1-5-33-23(32)27-10-8-26(9-11-27)20(30)14-28-22(31)21-18(17(4)25-28)13-24-29(21)19-7-6-15(2)12-16(19)3/h6-7,12-13H,5,8-11,14H2,1-4H3. The van der Waals surface area contributed by atoms with Crippen LogP contribution in [0.5, 0.6) is 0 Å². The predicted octanol–water partition coefficient (Wildman–Crippen LogP) is 1.81. The number of carbonyl (C=O) groups excluding carboxylic acids is 2. The lowest BCUT2D eigenvalue weighted by molar-refractivity contribution is -0.133. The van der Waals surface area contributed by atoms with Crippen LogP contribution in [0.3, 0.4) is 0 Å². The molecule has 0 spiro atoms. The number of aryl methyl sites for hydroxylation is 3. The van der Waals surface area contributed by atoms with Gasteiger partial charge in [-0.3, -0.25) is 9.59 Å². The SMILES string of the molecule is CCOC(=O)N1CCN(C(=O)Cn2nc(C)c3cnn(-c4ccc(C)cc4C)c3c2=O)CC1. The van der Waals surface area contributed by atoms with Crippen LogP contribution in [0.2, 0.25) is 0 Å². The minimum atomic E-state index is -0.372. The molecule has 3 heterocycles. The molecule has 10 heteroatoms. The fourth-order valence-corrected chi connectivity index (χ4v) is 4.14. The molecular weight excluding hydrogens is 424 g/mol. The van der Waals surface area contributed by atoms with Crippen LogP contribution >= 0.6 is 0 Å². The van der Waals surface area contributed by atoms with Crippen molar-refractivity contribution >= 4 is 22.9 Å². The van der Waals surface area contributed by atoms with E-state index in [-0.39, 0.29) is 24.1 Å². The number of hydrogen-bond acceptors (Lipinski definition) is 6. The number of ether oxygens (including phenoxy) is 1. The highest BCUT2D eigenvalue weighted by Gasteiger charge is 2.26. The molecule has 1 fully saturated rings. The van der Waals surface area contributed by atoms with Crippen LogP contribution in [0.1, 0.15) is 23.7 Å². The Morgan fingerprint density at radius 2 is 1.76 bits per heavy atom. The summed E-state index contributed by atoms with van der Waals surface area (Å²) in [6.45, 7) is 9.23. The molecule has 1 saturated heterocycles. The van der Waals surface area contributed by atoms with Crippen molar-refractivity contribution < 1.29 is 14.3 Å². The van der Waals surface area contributed by atoms with E-state index in [2.05, 4.69) is 10.2 Å². The number of fused-ring (bicyclic) bond motifs is 1. The third-order valence-corrected chi connectivity index (χ3v) is 5.89. The van der Waals surface area contributed by atoms with E-state index in [1.54, 1.807) is 34.5 Å². The second-order valence-corrected chi connectivity index (χ2v) is 8.22. The van der Waals surface area contributed by atoms with E-state index in [1.807, 2.05) is 32.0 Å². The Kier molecular flexibility index (Phi) is 6.17. The smallest absolute Gasteiger partial charge is 0.409 e. The zero-order valence-electron chi connectivity index (χ0n) is 19.4. The van der Waals surface area contributed by atoms with Gasteiger partial charge in [0.1, 0.15) is 12.1 Å². The molecule has 3 aromatic rings. The predicted molar refractivity (Wildman–Crippen MR) is 123 cm³/mol. The molecule has 0 atom stereocenters. The Morgan fingerprint density at radius 1 is 1.06 bits per heavy atom. The Labute approximate surface area is 191 Å². The molecule has 0 N–H and O–H groups in total. The first kappa shape index (κ1) is 22.5. The van der Waals surface area contributed by atoms with Gasteiger partial charge in [0.05, 0.1) is 24.2 Å². The van der Waals surface area contributed by atoms with E-state index in [9.17, 15) is 14.4 Å². The summed E-state index contributed by atoms with van der Waals surface area (Å²) in [7, 11) is 0. The lowest BCUT2D eigenvalue weighted by Crippen LogP contribution is -2.51. The molecule has 1 aliphatic rings. The summed E-state index contributed by atoms with van der Waals surface area (Å²) in [6, 6.07) is 5.95. The number of nitrogens with zero attached hydrogens (tertiary/aromatic N) is 6. The van der Waals surface area contributed by atoms with E-state index in [0.29, 0.717) is 49.4 Å². The van der Waals surface area contributed by atoms with Crippen LogP contribution < -0.4 is 5.56 Å². The number of piperazine rings is 1. The van der Waals surface area contributed by atoms with Gasteiger partial charge >= 0.3 is 6.09 Å². The van der Waals surface area contributed by atoms with Crippen molar-refractivity contribution in [3.05, 3.63) is 51.6 Å². The first-order valence-electron chi connectivity index (χ1n) is 11.0. The van der Waals surface area contributed by atoms with Gasteiger partial charge in [0.15, 0.2) is 0 Å². The maximum Gasteiger partial charge on any atom is 0.409 e. The lowest BCUT2D eigenvalue weighted by Gasteiger charge is -2.34. The summed E-state index contributed by atoms with van der Waals surface area (Å²) in [6.07, 6.45) is 1.27. The molecule has 0 saturated carbocycles. The Bertz CT molecular complexity index is 1270. The molecule has 0 unspecified atom stereocenters. The molecule has 1 aromatic carbocycles. The first-order chi connectivity index (χ1) is 15.8. The molecule has 33 heavy (non-hydrogen) atoms. The van der Waals surface area contributed by atoms with Crippen LogP contribution in [-0.4, -0.2) is 74.1 Å². The maximum atomic E-state index is 13.3. The number of hydrogen-bond donors (Lipinski definition) is 0. The lowest BCUT2D eigenvalue weighted by atomic mass is 10.1. The van der Waals surface area contributed by atoms with Crippen LogP contribution in [0.15, 0.2) is 29.2 Å². The molecule has 0 aliphatic carbocycles. The van der Waals surface area contributed by atoms with Crippen molar-refractivity contribution in [1.29, 1.82) is 0 Å². The van der Waals surface area contributed by atoms with Crippen molar-refractivity contribution in [3.8, 4) is 5.69 Å². The van der Waals surface area contributed by atoms with Gasteiger partial charge in [-0.25, -0.2) is 14.2 Å². The van der Waals surface area contributed by atoms with Crippen molar-refractivity contribution in [3.63, 3.8) is 0 Å². The van der Waals surface area contributed by atoms with Gasteiger partial charge in [0, 0.05) is 31.6 Å². The molecule has 0 bridgehead atoms. The zero-order valence-corrected chi connectivity index (χ0v) is 19.4. The highest BCUT2D eigenvalue weighted by molar-refractivity contribution is 5.82. The molecular formula is C23H28N6O4. The Balaban J connectivity index is 1.59. The number of amides is 2. The van der Waals surface area contributed by atoms with E-state index in [0.717, 1.165) is 16.8 Å². The monoisotopic (exact) mass is 452 g/mol. The average Bonchev–Trinajstić information content (AvgIpc) is 3.23. The molecule has 0 radical (unpaired) electrons.